The third-order valence-corrected chi connectivity index (χ3v) is 2.69. The van der Waals surface area contributed by atoms with Crippen LogP contribution >= 0.6 is 0 Å². The van der Waals surface area contributed by atoms with E-state index < -0.39 is 0 Å². The molecule has 0 aromatic heterocycles. The fourth-order valence-corrected chi connectivity index (χ4v) is 1.52. The third kappa shape index (κ3) is 11.1. The quantitative estimate of drug-likeness (QED) is 0.531. The van der Waals surface area contributed by atoms with E-state index in [0.29, 0.717) is 11.8 Å². The smallest absolute Gasteiger partial charge is 1.00 e. The second-order valence-electron chi connectivity index (χ2n) is 4.95. The first-order valence-electron chi connectivity index (χ1n) is 6.54. The van der Waals surface area contributed by atoms with Crippen LogP contribution in [0.3, 0.4) is 0 Å². The summed E-state index contributed by atoms with van der Waals surface area (Å²) < 4.78 is 0. The molecule has 0 amide bonds. The fourth-order valence-electron chi connectivity index (χ4n) is 1.52. The van der Waals surface area contributed by atoms with Gasteiger partial charge in [0.15, 0.2) is 0 Å². The first-order chi connectivity index (χ1) is 8.61. The van der Waals surface area contributed by atoms with E-state index in [4.69, 9.17) is 0 Å². The molecule has 3 heteroatoms. The molecule has 4 radical (unpaired) electrons. The van der Waals surface area contributed by atoms with Crippen LogP contribution in [0.25, 0.3) is 0 Å². The Morgan fingerprint density at radius 3 is 1.38 bits per heavy atom. The molecule has 0 saturated carbocycles. The van der Waals surface area contributed by atoms with Gasteiger partial charge in [-0.2, -0.15) is 0 Å². The van der Waals surface area contributed by atoms with Crippen LogP contribution in [0.5, 0.6) is 0 Å². The van der Waals surface area contributed by atoms with Crippen molar-refractivity contribution >= 4 is 23.9 Å². The van der Waals surface area contributed by atoms with Crippen LogP contribution in [0.4, 0.5) is 0 Å². The van der Waals surface area contributed by atoms with Crippen molar-refractivity contribution in [2.24, 2.45) is 0 Å². The monoisotopic (exact) mass is 428 g/mol. The first kappa shape index (κ1) is 25.8. The first-order valence-corrected chi connectivity index (χ1v) is 6.54. The van der Waals surface area contributed by atoms with E-state index in [1.54, 1.807) is 0 Å². The zero-order chi connectivity index (χ0) is 13.4. The second kappa shape index (κ2) is 14.7. The predicted octanol–water partition coefficient (Wildman–Crippen LogP) is -1.15. The molecule has 0 fully saturated rings. The zero-order valence-corrected chi connectivity index (χ0v) is 17.4. The summed E-state index contributed by atoms with van der Waals surface area (Å²) in [5.41, 5.74) is 2.64. The Bertz CT molecular complexity index is 392. The van der Waals surface area contributed by atoms with Gasteiger partial charge in [0.2, 0.25) is 0 Å². The van der Waals surface area contributed by atoms with Gasteiger partial charge >= 0.3 is 23.9 Å². The molecule has 2 rings (SSSR count). The van der Waals surface area contributed by atoms with Crippen LogP contribution in [0.15, 0.2) is 48.5 Å². The molecule has 0 aliphatic carbocycles. The van der Waals surface area contributed by atoms with Gasteiger partial charge < -0.3 is 24.8 Å². The van der Waals surface area contributed by atoms with E-state index in [0.717, 1.165) is 0 Å². The van der Waals surface area contributed by atoms with Crippen molar-refractivity contribution < 1.29 is 24.8 Å². The normalized spacial score (nSPS) is 8.67. The summed E-state index contributed by atoms with van der Waals surface area (Å²) in [6.07, 6.45) is 0. The molecule has 0 atom stereocenters. The Kier molecular flexibility index (Phi) is 18.1. The Balaban J connectivity index is -0.000000312. The molecule has 0 unspecified atom stereocenters. The van der Waals surface area contributed by atoms with Gasteiger partial charge in [0.1, 0.15) is 0 Å². The number of rotatable bonds is 2. The second-order valence-corrected chi connectivity index (χ2v) is 4.95. The molecule has 0 heterocycles. The van der Waals surface area contributed by atoms with Gasteiger partial charge in [-0.3, -0.25) is 0 Å². The maximum Gasteiger partial charge on any atom is 2.00 e. The van der Waals surface area contributed by atoms with E-state index in [9.17, 15) is 0 Å². The van der Waals surface area contributed by atoms with Crippen LogP contribution in [0.1, 0.15) is 50.7 Å². The summed E-state index contributed by atoms with van der Waals surface area (Å²) in [6, 6.07) is 22.4. The van der Waals surface area contributed by atoms with Gasteiger partial charge in [0.25, 0.3) is 0 Å². The molecule has 0 nitrogen and oxygen atoms in total. The zero-order valence-electron chi connectivity index (χ0n) is 13.0. The summed E-state index contributed by atoms with van der Waals surface area (Å²) in [5.74, 6) is 1.17. The number of hydrogen-bond acceptors (Lipinski definition) is 0. The van der Waals surface area contributed by atoms with Crippen LogP contribution in [-0.2, 0) is 0 Å². The molecule has 0 bridgehead atoms. The topological polar surface area (TPSA) is 0 Å². The van der Waals surface area contributed by atoms with Gasteiger partial charge in [0.05, 0.1) is 0 Å². The van der Waals surface area contributed by atoms with E-state index in [1.165, 1.54) is 11.1 Å². The summed E-state index contributed by atoms with van der Waals surface area (Å²) >= 11 is 0. The molecule has 0 N–H and O–H groups in total. The molecule has 0 aliphatic heterocycles. The molecule has 112 valence electrons. The van der Waals surface area contributed by atoms with Gasteiger partial charge in [-0.15, -0.1) is 0 Å². The Labute approximate surface area is 159 Å². The van der Waals surface area contributed by atoms with Gasteiger partial charge in [-0.05, 0) is 35.1 Å². The van der Waals surface area contributed by atoms with Gasteiger partial charge in [0, 0.05) is 0 Å². The molecule has 0 spiro atoms. The van der Waals surface area contributed by atoms with Gasteiger partial charge in [-0.1, -0.05) is 76.2 Å². The maximum absolute atomic E-state index is 3.44. The van der Waals surface area contributed by atoms with Crippen LogP contribution in [0.2, 0.25) is 0 Å². The standard InChI is InChI=1S/C12H17.C6H5.2ClH.Sn/c1-9(2)11-6-5-7-12(8-11)10(3)4;1-2-4-6-5-3-1;;;/h5-7,9-10H,1-4H3;1-5H;2*1H;/q;;;;+2/p-2. The van der Waals surface area contributed by atoms with Crippen LogP contribution in [-0.4, -0.2) is 23.9 Å². The molecule has 21 heavy (non-hydrogen) atoms. The van der Waals surface area contributed by atoms with E-state index >= 15 is 0 Å². The fraction of sp³-hybridized carbons (Fsp3) is 0.333. The molecule has 2 aromatic rings. The third-order valence-electron chi connectivity index (χ3n) is 2.69. The van der Waals surface area contributed by atoms with Gasteiger partial charge in [-0.25, -0.2) is 0 Å². The van der Waals surface area contributed by atoms with E-state index in [-0.39, 0.29) is 48.7 Å². The average molecular weight is 428 g/mol. The number of hydrogen-bond donors (Lipinski definition) is 0. The predicted molar refractivity (Wildman–Crippen MR) is 84.5 cm³/mol. The summed E-state index contributed by atoms with van der Waals surface area (Å²) in [7, 11) is 0. The average Bonchev–Trinajstić information content (AvgIpc) is 2.41. The van der Waals surface area contributed by atoms with Crippen molar-refractivity contribution in [2.75, 3.05) is 0 Å². The minimum Gasteiger partial charge on any atom is -1.00 e. The molecule has 2 aromatic carbocycles. The number of benzene rings is 2. The van der Waals surface area contributed by atoms with Crippen molar-refractivity contribution in [3.05, 3.63) is 71.8 Å². The van der Waals surface area contributed by atoms with Crippen molar-refractivity contribution in [3.63, 3.8) is 0 Å². The van der Waals surface area contributed by atoms with Crippen LogP contribution < -0.4 is 24.8 Å². The molecule has 0 saturated heterocycles. The maximum atomic E-state index is 3.44. The molecular formula is C18H22Cl2Sn. The summed E-state index contributed by atoms with van der Waals surface area (Å²) in [6.45, 7) is 8.82. The van der Waals surface area contributed by atoms with E-state index in [1.807, 2.05) is 30.3 Å². The summed E-state index contributed by atoms with van der Waals surface area (Å²) in [5, 5.41) is 0. The van der Waals surface area contributed by atoms with Crippen molar-refractivity contribution in [2.45, 2.75) is 39.5 Å². The minimum absolute atomic E-state index is 0. The molecule has 0 aliphatic rings. The Morgan fingerprint density at radius 1 is 0.714 bits per heavy atom. The summed E-state index contributed by atoms with van der Waals surface area (Å²) in [4.78, 5) is 0. The van der Waals surface area contributed by atoms with Crippen molar-refractivity contribution in [1.82, 2.24) is 0 Å². The van der Waals surface area contributed by atoms with Crippen LogP contribution in [0, 0.1) is 12.1 Å². The van der Waals surface area contributed by atoms with E-state index in [2.05, 4.69) is 58.0 Å². The van der Waals surface area contributed by atoms with Crippen molar-refractivity contribution in [1.29, 1.82) is 0 Å². The Morgan fingerprint density at radius 2 is 1.14 bits per heavy atom. The number of halogens is 2. The molecular weight excluding hydrogens is 406 g/mol. The SMILES string of the molecule is CC(C)c1[c]c(C(C)C)ccc1.[Cl-].[Cl-].[Sn+2].[c]1ccccc1. The van der Waals surface area contributed by atoms with Crippen molar-refractivity contribution in [3.8, 4) is 0 Å². The minimum atomic E-state index is 0. The largest absolute Gasteiger partial charge is 2.00 e. The Hall–Kier alpha value is -0.181.